The van der Waals surface area contributed by atoms with Crippen LogP contribution in [-0.4, -0.2) is 38.9 Å². The number of likely N-dealkylation sites (tertiary alicyclic amines) is 1. The van der Waals surface area contributed by atoms with Crippen LogP contribution in [0, 0.1) is 5.92 Å². The van der Waals surface area contributed by atoms with Crippen molar-refractivity contribution in [2.75, 3.05) is 13.1 Å². The van der Waals surface area contributed by atoms with E-state index in [1.165, 1.54) is 19.3 Å². The standard InChI is InChI=1S/C19H24N4O2/c24-19(15-7-3-1-4-8-15)22-12-17(13-22)23-11-16(20-21-23)14-25-18-9-5-2-6-10-18/h2,5-6,9-11,15,17H,1,3-4,7-8,12-14H2. The molecular formula is C19H24N4O2. The lowest BCUT2D eigenvalue weighted by atomic mass is 9.87. The van der Waals surface area contributed by atoms with Gasteiger partial charge in [0.15, 0.2) is 0 Å². The van der Waals surface area contributed by atoms with Gasteiger partial charge in [-0.05, 0) is 25.0 Å². The molecule has 1 aromatic heterocycles. The Labute approximate surface area is 147 Å². The largest absolute Gasteiger partial charge is 0.487 e. The van der Waals surface area contributed by atoms with Crippen LogP contribution >= 0.6 is 0 Å². The molecule has 4 rings (SSSR count). The second-order valence-electron chi connectivity index (χ2n) is 7.02. The van der Waals surface area contributed by atoms with E-state index in [9.17, 15) is 4.79 Å². The predicted molar refractivity (Wildman–Crippen MR) is 93.0 cm³/mol. The molecule has 1 saturated heterocycles. The average molecular weight is 340 g/mol. The molecular weight excluding hydrogens is 316 g/mol. The fraction of sp³-hybridized carbons (Fsp3) is 0.526. The van der Waals surface area contributed by atoms with Crippen LogP contribution < -0.4 is 4.74 Å². The summed E-state index contributed by atoms with van der Waals surface area (Å²) in [6, 6.07) is 9.93. The SMILES string of the molecule is O=C(C1CCCCC1)N1CC(n2cc(COc3ccccc3)nn2)C1. The summed E-state index contributed by atoms with van der Waals surface area (Å²) in [5.41, 5.74) is 0.806. The maximum Gasteiger partial charge on any atom is 0.225 e. The van der Waals surface area contributed by atoms with Gasteiger partial charge in [-0.2, -0.15) is 0 Å². The number of nitrogens with zero attached hydrogens (tertiary/aromatic N) is 4. The summed E-state index contributed by atoms with van der Waals surface area (Å²) in [5, 5.41) is 8.38. The molecule has 1 amide bonds. The van der Waals surface area contributed by atoms with Gasteiger partial charge in [-0.15, -0.1) is 5.10 Å². The van der Waals surface area contributed by atoms with E-state index in [1.54, 1.807) is 0 Å². The Hall–Kier alpha value is -2.37. The fourth-order valence-electron chi connectivity index (χ4n) is 3.64. The van der Waals surface area contributed by atoms with E-state index in [-0.39, 0.29) is 12.0 Å². The lowest BCUT2D eigenvalue weighted by Gasteiger charge is -2.41. The number of rotatable bonds is 5. The zero-order valence-corrected chi connectivity index (χ0v) is 14.4. The molecule has 0 bridgehead atoms. The van der Waals surface area contributed by atoms with Crippen molar-refractivity contribution in [3.8, 4) is 5.75 Å². The first-order chi connectivity index (χ1) is 12.3. The Morgan fingerprint density at radius 2 is 1.88 bits per heavy atom. The summed E-state index contributed by atoms with van der Waals surface area (Å²) in [6.45, 7) is 1.90. The number of benzene rings is 1. The Bertz CT molecular complexity index is 703. The quantitative estimate of drug-likeness (QED) is 0.840. The molecule has 25 heavy (non-hydrogen) atoms. The molecule has 1 aliphatic heterocycles. The summed E-state index contributed by atoms with van der Waals surface area (Å²) in [5.74, 6) is 1.41. The van der Waals surface area contributed by atoms with Crippen LogP contribution in [-0.2, 0) is 11.4 Å². The summed E-state index contributed by atoms with van der Waals surface area (Å²) in [7, 11) is 0. The van der Waals surface area contributed by atoms with E-state index in [0.717, 1.165) is 37.4 Å². The molecule has 1 aliphatic carbocycles. The van der Waals surface area contributed by atoms with Gasteiger partial charge in [0, 0.05) is 19.0 Å². The van der Waals surface area contributed by atoms with E-state index in [4.69, 9.17) is 4.74 Å². The van der Waals surface area contributed by atoms with Crippen molar-refractivity contribution in [3.63, 3.8) is 0 Å². The fourth-order valence-corrected chi connectivity index (χ4v) is 3.64. The van der Waals surface area contributed by atoms with Gasteiger partial charge in [-0.25, -0.2) is 4.68 Å². The van der Waals surface area contributed by atoms with E-state index in [0.29, 0.717) is 12.5 Å². The number of aromatic nitrogens is 3. The molecule has 0 unspecified atom stereocenters. The van der Waals surface area contributed by atoms with E-state index >= 15 is 0 Å². The minimum Gasteiger partial charge on any atom is -0.487 e. The number of hydrogen-bond acceptors (Lipinski definition) is 4. The number of hydrogen-bond donors (Lipinski definition) is 0. The number of amides is 1. The van der Waals surface area contributed by atoms with Gasteiger partial charge in [0.1, 0.15) is 18.1 Å². The van der Waals surface area contributed by atoms with Gasteiger partial charge in [0.2, 0.25) is 5.91 Å². The first kappa shape index (κ1) is 16.1. The Kier molecular flexibility index (Phi) is 4.68. The third kappa shape index (κ3) is 3.67. The van der Waals surface area contributed by atoms with Crippen LogP contribution in [0.15, 0.2) is 36.5 Å². The van der Waals surface area contributed by atoms with Crippen LogP contribution in [0.1, 0.15) is 43.8 Å². The highest BCUT2D eigenvalue weighted by Crippen LogP contribution is 2.29. The van der Waals surface area contributed by atoms with Gasteiger partial charge < -0.3 is 9.64 Å². The normalized spacial score (nSPS) is 18.8. The summed E-state index contributed by atoms with van der Waals surface area (Å²) >= 11 is 0. The van der Waals surface area contributed by atoms with E-state index in [2.05, 4.69) is 10.3 Å². The summed E-state index contributed by atoms with van der Waals surface area (Å²) in [4.78, 5) is 14.5. The van der Waals surface area contributed by atoms with Crippen LogP contribution in [0.25, 0.3) is 0 Å². The molecule has 2 heterocycles. The number of carbonyl (C=O) groups excluding carboxylic acids is 1. The smallest absolute Gasteiger partial charge is 0.225 e. The lowest BCUT2D eigenvalue weighted by molar-refractivity contribution is -0.142. The molecule has 0 atom stereocenters. The molecule has 0 N–H and O–H groups in total. The monoisotopic (exact) mass is 340 g/mol. The highest BCUT2D eigenvalue weighted by molar-refractivity contribution is 5.79. The van der Waals surface area contributed by atoms with Gasteiger partial charge in [-0.3, -0.25) is 4.79 Å². The zero-order chi connectivity index (χ0) is 17.1. The third-order valence-electron chi connectivity index (χ3n) is 5.19. The minimum absolute atomic E-state index is 0.241. The van der Waals surface area contributed by atoms with Crippen molar-refractivity contribution in [2.24, 2.45) is 5.92 Å². The molecule has 6 heteroatoms. The molecule has 1 aromatic carbocycles. The number of ether oxygens (including phenoxy) is 1. The first-order valence-corrected chi connectivity index (χ1v) is 9.17. The van der Waals surface area contributed by atoms with Crippen molar-refractivity contribution in [3.05, 3.63) is 42.2 Å². The van der Waals surface area contributed by atoms with E-state index < -0.39 is 0 Å². The molecule has 0 radical (unpaired) electrons. The Morgan fingerprint density at radius 3 is 2.64 bits per heavy atom. The van der Waals surface area contributed by atoms with Crippen LogP contribution in [0.5, 0.6) is 5.75 Å². The third-order valence-corrected chi connectivity index (χ3v) is 5.19. The van der Waals surface area contributed by atoms with Gasteiger partial charge in [0.25, 0.3) is 0 Å². The number of carbonyl (C=O) groups is 1. The molecule has 2 aromatic rings. The van der Waals surface area contributed by atoms with Crippen molar-refractivity contribution >= 4 is 5.91 Å². The summed E-state index contributed by atoms with van der Waals surface area (Å²) < 4.78 is 7.56. The molecule has 1 saturated carbocycles. The van der Waals surface area contributed by atoms with Crippen molar-refractivity contribution < 1.29 is 9.53 Å². The first-order valence-electron chi connectivity index (χ1n) is 9.17. The van der Waals surface area contributed by atoms with Crippen molar-refractivity contribution in [1.29, 1.82) is 0 Å². The zero-order valence-electron chi connectivity index (χ0n) is 14.4. The second-order valence-corrected chi connectivity index (χ2v) is 7.02. The maximum atomic E-state index is 12.5. The molecule has 6 nitrogen and oxygen atoms in total. The highest BCUT2D eigenvalue weighted by Gasteiger charge is 2.36. The molecule has 0 spiro atoms. The second kappa shape index (κ2) is 7.25. The molecule has 2 fully saturated rings. The minimum atomic E-state index is 0.241. The topological polar surface area (TPSA) is 60.2 Å². The van der Waals surface area contributed by atoms with Gasteiger partial charge in [0.05, 0.1) is 12.2 Å². The average Bonchev–Trinajstić information content (AvgIpc) is 3.09. The Balaban J connectivity index is 1.27. The predicted octanol–water partition coefficient (Wildman–Crippen LogP) is 2.82. The summed E-state index contributed by atoms with van der Waals surface area (Å²) in [6.07, 6.45) is 7.72. The number of para-hydroxylation sites is 1. The highest BCUT2D eigenvalue weighted by atomic mass is 16.5. The lowest BCUT2D eigenvalue weighted by Crippen LogP contribution is -2.53. The van der Waals surface area contributed by atoms with Crippen molar-refractivity contribution in [1.82, 2.24) is 19.9 Å². The van der Waals surface area contributed by atoms with Gasteiger partial charge >= 0.3 is 0 Å². The van der Waals surface area contributed by atoms with E-state index in [1.807, 2.05) is 46.1 Å². The van der Waals surface area contributed by atoms with Crippen LogP contribution in [0.2, 0.25) is 0 Å². The van der Waals surface area contributed by atoms with Crippen molar-refractivity contribution in [2.45, 2.75) is 44.8 Å². The molecule has 2 aliphatic rings. The Morgan fingerprint density at radius 1 is 1.12 bits per heavy atom. The molecule has 132 valence electrons. The van der Waals surface area contributed by atoms with Crippen LogP contribution in [0.4, 0.5) is 0 Å². The van der Waals surface area contributed by atoms with Crippen LogP contribution in [0.3, 0.4) is 0 Å². The van der Waals surface area contributed by atoms with Gasteiger partial charge in [-0.1, -0.05) is 42.7 Å². The maximum absolute atomic E-state index is 12.5.